The molecule has 1 atom stereocenters. The van der Waals surface area contributed by atoms with Crippen molar-refractivity contribution in [1.29, 1.82) is 0 Å². The van der Waals surface area contributed by atoms with Crippen LogP contribution in [0.25, 0.3) is 11.1 Å². The number of nitrogens with one attached hydrogen (secondary N) is 1. The molecule has 0 saturated carbocycles. The summed E-state index contributed by atoms with van der Waals surface area (Å²) in [4.78, 5) is 11.5. The fourth-order valence-electron chi connectivity index (χ4n) is 4.01. The maximum absolute atomic E-state index is 14.1. The average molecular weight is 587 g/mol. The molecule has 1 aliphatic heterocycles. The first-order valence-electron chi connectivity index (χ1n) is 11.6. The fourth-order valence-corrected chi connectivity index (χ4v) is 5.79. The van der Waals surface area contributed by atoms with Crippen LogP contribution in [0.5, 0.6) is 5.75 Å². The van der Waals surface area contributed by atoms with Gasteiger partial charge in [0.25, 0.3) is 10.0 Å². The molecule has 1 amide bonds. The van der Waals surface area contributed by atoms with E-state index in [1.54, 1.807) is 12.1 Å². The van der Waals surface area contributed by atoms with Crippen LogP contribution in [0.3, 0.4) is 0 Å². The van der Waals surface area contributed by atoms with E-state index in [9.17, 15) is 30.8 Å². The first kappa shape index (κ1) is 28.7. The Balaban J connectivity index is 1.76. The Bertz CT molecular complexity index is 1480. The van der Waals surface area contributed by atoms with Crippen LogP contribution < -0.4 is 14.4 Å². The molecule has 1 N–H and O–H groups in total. The van der Waals surface area contributed by atoms with Crippen LogP contribution in [0.4, 0.5) is 23.2 Å². The second-order valence-electron chi connectivity index (χ2n) is 8.63. The van der Waals surface area contributed by atoms with Crippen molar-refractivity contribution in [2.45, 2.75) is 23.6 Å². The molecule has 7 nitrogen and oxygen atoms in total. The number of hydrogen-bond donors (Lipinski definition) is 1. The first-order valence-corrected chi connectivity index (χ1v) is 13.4. The van der Waals surface area contributed by atoms with Crippen molar-refractivity contribution in [3.05, 3.63) is 77.1 Å². The van der Waals surface area contributed by atoms with Gasteiger partial charge in [0, 0.05) is 19.1 Å². The number of methoxy groups -OCH3 is 1. The van der Waals surface area contributed by atoms with Crippen LogP contribution in [-0.2, 0) is 25.7 Å². The first-order chi connectivity index (χ1) is 18.4. The summed E-state index contributed by atoms with van der Waals surface area (Å²) in [5.74, 6) is -0.931. The molecular formula is C26H23ClF4N2O5S. The highest BCUT2D eigenvalue weighted by Crippen LogP contribution is 2.42. The number of nitrogens with zero attached hydrogens (tertiary/aromatic N) is 1. The minimum Gasteiger partial charge on any atom is -0.484 e. The molecule has 0 radical (unpaired) electrons. The van der Waals surface area contributed by atoms with Gasteiger partial charge in [-0.1, -0.05) is 35.9 Å². The Morgan fingerprint density at radius 1 is 1.15 bits per heavy atom. The average Bonchev–Trinajstić information content (AvgIpc) is 2.91. The fraction of sp³-hybridized carbons (Fsp3) is 0.269. The Labute approximate surface area is 227 Å². The Kier molecular flexibility index (Phi) is 8.38. The van der Waals surface area contributed by atoms with E-state index in [0.29, 0.717) is 11.6 Å². The number of amides is 1. The second kappa shape index (κ2) is 11.4. The number of ether oxygens (including phenoxy) is 2. The van der Waals surface area contributed by atoms with Gasteiger partial charge in [-0.2, -0.15) is 13.2 Å². The summed E-state index contributed by atoms with van der Waals surface area (Å²) in [5, 5.41) is 2.45. The van der Waals surface area contributed by atoms with Crippen molar-refractivity contribution in [2.24, 2.45) is 0 Å². The van der Waals surface area contributed by atoms with Crippen molar-refractivity contribution < 1.29 is 40.2 Å². The number of halogens is 5. The number of alkyl halides is 3. The van der Waals surface area contributed by atoms with Gasteiger partial charge in [0.05, 0.1) is 40.9 Å². The smallest absolute Gasteiger partial charge is 0.416 e. The van der Waals surface area contributed by atoms with Gasteiger partial charge in [0.1, 0.15) is 17.7 Å². The third-order valence-corrected chi connectivity index (χ3v) is 8.12. The monoisotopic (exact) mass is 586 g/mol. The molecule has 208 valence electrons. The Morgan fingerprint density at radius 3 is 2.62 bits per heavy atom. The highest BCUT2D eigenvalue weighted by molar-refractivity contribution is 7.92. The normalized spacial score (nSPS) is 15.4. The lowest BCUT2D eigenvalue weighted by molar-refractivity contribution is -0.137. The summed E-state index contributed by atoms with van der Waals surface area (Å²) in [6, 6.07) is 12.0. The zero-order valence-electron chi connectivity index (χ0n) is 20.5. The van der Waals surface area contributed by atoms with E-state index in [2.05, 4.69) is 5.32 Å². The molecule has 13 heteroatoms. The van der Waals surface area contributed by atoms with Crippen LogP contribution >= 0.6 is 11.6 Å². The number of rotatable bonds is 8. The topological polar surface area (TPSA) is 84.9 Å². The molecule has 1 aliphatic rings. The lowest BCUT2D eigenvalue weighted by Gasteiger charge is -2.36. The van der Waals surface area contributed by atoms with Crippen molar-refractivity contribution in [3.63, 3.8) is 0 Å². The molecule has 0 aliphatic carbocycles. The quantitative estimate of drug-likeness (QED) is 0.363. The summed E-state index contributed by atoms with van der Waals surface area (Å²) < 4.78 is 93.4. The zero-order chi connectivity index (χ0) is 28.4. The maximum atomic E-state index is 14.1. The van der Waals surface area contributed by atoms with Crippen LogP contribution in [0, 0.1) is 5.82 Å². The minimum absolute atomic E-state index is 0.0206. The third-order valence-electron chi connectivity index (χ3n) is 5.96. The largest absolute Gasteiger partial charge is 0.484 e. The number of carbonyl (C=O) groups is 1. The summed E-state index contributed by atoms with van der Waals surface area (Å²) in [7, 11) is -3.11. The summed E-state index contributed by atoms with van der Waals surface area (Å²) >= 11 is 6.13. The predicted molar refractivity (Wildman–Crippen MR) is 137 cm³/mol. The molecule has 1 unspecified atom stereocenters. The molecule has 0 bridgehead atoms. The lowest BCUT2D eigenvalue weighted by Crippen LogP contribution is -2.48. The van der Waals surface area contributed by atoms with Gasteiger partial charge >= 0.3 is 6.18 Å². The molecule has 1 heterocycles. The lowest BCUT2D eigenvalue weighted by atomic mass is 10.0. The standard InChI is InChI=1S/C26H23ClF4N2O5S/c1-37-11-10-24(34)32-14-18-15-33(39(35,36)19-5-2-4-17(13-19)26(29,30)31)22-12-16(8-9-23(22)38-18)20-6-3-7-21(28)25(20)27/h2-9,12-13,18H,10-11,14-15H2,1H3,(H,32,34). The number of fused-ring (bicyclic) bond motifs is 1. The van der Waals surface area contributed by atoms with Crippen molar-refractivity contribution >= 4 is 33.2 Å². The highest BCUT2D eigenvalue weighted by Gasteiger charge is 2.37. The Morgan fingerprint density at radius 2 is 1.90 bits per heavy atom. The molecule has 39 heavy (non-hydrogen) atoms. The van der Waals surface area contributed by atoms with E-state index in [0.717, 1.165) is 22.5 Å². The molecule has 0 fully saturated rings. The minimum atomic E-state index is -4.76. The number of benzene rings is 3. The van der Waals surface area contributed by atoms with E-state index in [-0.39, 0.29) is 54.0 Å². The van der Waals surface area contributed by atoms with E-state index in [1.807, 2.05) is 0 Å². The second-order valence-corrected chi connectivity index (χ2v) is 10.9. The molecule has 0 aromatic heterocycles. The van der Waals surface area contributed by atoms with E-state index >= 15 is 0 Å². The number of carbonyl (C=O) groups excluding carboxylic acids is 1. The van der Waals surface area contributed by atoms with Crippen molar-refractivity contribution in [2.75, 3.05) is 31.1 Å². The van der Waals surface area contributed by atoms with Gasteiger partial charge in [-0.05, 0) is 42.0 Å². The molecule has 3 aromatic carbocycles. The number of hydrogen-bond acceptors (Lipinski definition) is 5. The molecule has 0 spiro atoms. The number of anilines is 1. The van der Waals surface area contributed by atoms with Crippen molar-refractivity contribution in [1.82, 2.24) is 5.32 Å². The van der Waals surface area contributed by atoms with Gasteiger partial charge in [0.2, 0.25) is 5.91 Å². The summed E-state index contributed by atoms with van der Waals surface area (Å²) in [6.07, 6.45) is -5.55. The maximum Gasteiger partial charge on any atom is 0.416 e. The molecule has 0 saturated heterocycles. The van der Waals surface area contributed by atoms with Gasteiger partial charge in [-0.15, -0.1) is 0 Å². The van der Waals surface area contributed by atoms with Gasteiger partial charge in [-0.25, -0.2) is 12.8 Å². The summed E-state index contributed by atoms with van der Waals surface area (Å²) in [5.41, 5.74) is -0.465. The van der Waals surface area contributed by atoms with Crippen LogP contribution in [-0.4, -0.2) is 47.2 Å². The van der Waals surface area contributed by atoms with Crippen LogP contribution in [0.15, 0.2) is 65.6 Å². The van der Waals surface area contributed by atoms with Crippen LogP contribution in [0.2, 0.25) is 5.02 Å². The van der Waals surface area contributed by atoms with Gasteiger partial charge in [0.15, 0.2) is 0 Å². The predicted octanol–water partition coefficient (Wildman–Crippen LogP) is 5.27. The SMILES string of the molecule is COCCC(=O)NCC1CN(S(=O)(=O)c2cccc(C(F)(F)F)c2)c2cc(-c3cccc(F)c3Cl)ccc2O1. The highest BCUT2D eigenvalue weighted by atomic mass is 35.5. The van der Waals surface area contributed by atoms with Gasteiger partial charge < -0.3 is 14.8 Å². The van der Waals surface area contributed by atoms with Gasteiger partial charge in [-0.3, -0.25) is 9.10 Å². The third kappa shape index (κ3) is 6.29. The molecule has 3 aromatic rings. The molecule has 4 rings (SSSR count). The van der Waals surface area contributed by atoms with E-state index in [1.165, 1.54) is 31.4 Å². The van der Waals surface area contributed by atoms with E-state index < -0.39 is 38.6 Å². The van der Waals surface area contributed by atoms with Crippen LogP contribution in [0.1, 0.15) is 12.0 Å². The number of sulfonamides is 1. The molecular weight excluding hydrogens is 564 g/mol. The Hall–Kier alpha value is -3.35. The van der Waals surface area contributed by atoms with E-state index in [4.69, 9.17) is 21.1 Å². The van der Waals surface area contributed by atoms with Crippen molar-refractivity contribution in [3.8, 4) is 16.9 Å². The zero-order valence-corrected chi connectivity index (χ0v) is 22.0. The summed E-state index contributed by atoms with van der Waals surface area (Å²) in [6.45, 7) is -0.216.